The molecule has 0 aromatic heterocycles. The summed E-state index contributed by atoms with van der Waals surface area (Å²) in [6.07, 6.45) is 5.59. The summed E-state index contributed by atoms with van der Waals surface area (Å²) in [5.41, 5.74) is 5.88. The van der Waals surface area contributed by atoms with Gasteiger partial charge in [0.15, 0.2) is 0 Å². The number of allylic oxidation sites excluding steroid dienone is 1. The lowest BCUT2D eigenvalue weighted by atomic mass is 10.1. The first-order valence-corrected chi connectivity index (χ1v) is 5.56. The first kappa shape index (κ1) is 13.7. The van der Waals surface area contributed by atoms with E-state index in [0.29, 0.717) is 18.6 Å². The maximum absolute atomic E-state index is 5.88. The van der Waals surface area contributed by atoms with Gasteiger partial charge in [-0.1, -0.05) is 19.9 Å². The Morgan fingerprint density at radius 2 is 2.00 bits per heavy atom. The maximum Gasteiger partial charge on any atom is 0.0623 e. The predicted octanol–water partition coefficient (Wildman–Crippen LogP) is 2.73. The molecule has 0 aromatic rings. The molecular weight excluding hydrogens is 174 g/mol. The second-order valence-electron chi connectivity index (χ2n) is 4.27. The third kappa shape index (κ3) is 7.10. The molecule has 0 fully saturated rings. The fraction of sp³-hybridized carbons (Fsp3) is 0.833. The lowest BCUT2D eigenvalue weighted by Crippen LogP contribution is -2.33. The summed E-state index contributed by atoms with van der Waals surface area (Å²) in [7, 11) is 0. The quantitative estimate of drug-likeness (QED) is 0.482. The average molecular weight is 199 g/mol. The standard InChI is InChI=1S/C12H25NO/c1-5-6-7-8-11(4)14-9-12(13)10(2)3/h5,10-12H,1,6-9,13H2,2-4H3. The fourth-order valence-corrected chi connectivity index (χ4v) is 1.10. The highest BCUT2D eigenvalue weighted by atomic mass is 16.5. The first-order valence-electron chi connectivity index (χ1n) is 5.56. The first-order chi connectivity index (χ1) is 6.57. The van der Waals surface area contributed by atoms with E-state index in [1.54, 1.807) is 0 Å². The SMILES string of the molecule is C=CCCCC(C)OCC(N)C(C)C. The Labute approximate surface area is 88.5 Å². The molecule has 2 nitrogen and oxygen atoms in total. The minimum absolute atomic E-state index is 0.164. The van der Waals surface area contributed by atoms with E-state index < -0.39 is 0 Å². The summed E-state index contributed by atoms with van der Waals surface area (Å²) in [6.45, 7) is 10.7. The van der Waals surface area contributed by atoms with Gasteiger partial charge in [-0.15, -0.1) is 6.58 Å². The molecule has 0 radical (unpaired) electrons. The van der Waals surface area contributed by atoms with Gasteiger partial charge in [0.1, 0.15) is 0 Å². The third-order valence-corrected chi connectivity index (χ3v) is 2.45. The smallest absolute Gasteiger partial charge is 0.0623 e. The van der Waals surface area contributed by atoms with Crippen molar-refractivity contribution in [3.63, 3.8) is 0 Å². The van der Waals surface area contributed by atoms with Gasteiger partial charge in [-0.3, -0.25) is 0 Å². The van der Waals surface area contributed by atoms with E-state index in [1.165, 1.54) is 0 Å². The van der Waals surface area contributed by atoms with Crippen molar-refractivity contribution in [2.24, 2.45) is 11.7 Å². The highest BCUT2D eigenvalue weighted by Crippen LogP contribution is 2.06. The fourth-order valence-electron chi connectivity index (χ4n) is 1.10. The molecule has 84 valence electrons. The molecule has 2 N–H and O–H groups in total. The van der Waals surface area contributed by atoms with Gasteiger partial charge in [0.2, 0.25) is 0 Å². The molecule has 0 bridgehead atoms. The summed E-state index contributed by atoms with van der Waals surface area (Å²) < 4.78 is 5.65. The van der Waals surface area contributed by atoms with E-state index in [4.69, 9.17) is 10.5 Å². The molecule has 0 saturated heterocycles. The summed E-state index contributed by atoms with van der Waals surface area (Å²) in [4.78, 5) is 0. The molecule has 2 atom stereocenters. The van der Waals surface area contributed by atoms with E-state index in [-0.39, 0.29) is 6.04 Å². The molecule has 0 aromatic carbocycles. The van der Waals surface area contributed by atoms with Crippen LogP contribution in [0.25, 0.3) is 0 Å². The number of hydrogen-bond acceptors (Lipinski definition) is 2. The van der Waals surface area contributed by atoms with Gasteiger partial charge in [0, 0.05) is 6.04 Å². The van der Waals surface area contributed by atoms with Crippen molar-refractivity contribution in [1.29, 1.82) is 0 Å². The number of hydrogen-bond donors (Lipinski definition) is 1. The highest BCUT2D eigenvalue weighted by molar-refractivity contribution is 4.68. The monoisotopic (exact) mass is 199 g/mol. The molecule has 2 heteroatoms. The van der Waals surface area contributed by atoms with E-state index in [2.05, 4.69) is 27.4 Å². The lowest BCUT2D eigenvalue weighted by Gasteiger charge is -2.19. The van der Waals surface area contributed by atoms with Crippen molar-refractivity contribution in [2.75, 3.05) is 6.61 Å². The number of ether oxygens (including phenoxy) is 1. The van der Waals surface area contributed by atoms with E-state index in [0.717, 1.165) is 19.3 Å². The second-order valence-corrected chi connectivity index (χ2v) is 4.27. The Balaban J connectivity index is 3.43. The minimum Gasteiger partial charge on any atom is -0.377 e. The zero-order valence-electron chi connectivity index (χ0n) is 9.83. The van der Waals surface area contributed by atoms with Crippen LogP contribution in [-0.4, -0.2) is 18.8 Å². The number of nitrogens with two attached hydrogens (primary N) is 1. The van der Waals surface area contributed by atoms with Crippen molar-refractivity contribution in [2.45, 2.75) is 52.2 Å². The van der Waals surface area contributed by atoms with Crippen LogP contribution in [-0.2, 0) is 4.74 Å². The summed E-state index contributed by atoms with van der Waals surface area (Å²) in [5.74, 6) is 0.496. The van der Waals surface area contributed by atoms with Gasteiger partial charge in [-0.2, -0.15) is 0 Å². The molecule has 2 unspecified atom stereocenters. The Hall–Kier alpha value is -0.340. The predicted molar refractivity (Wildman–Crippen MR) is 62.3 cm³/mol. The van der Waals surface area contributed by atoms with Gasteiger partial charge < -0.3 is 10.5 Å². The minimum atomic E-state index is 0.164. The summed E-state index contributed by atoms with van der Waals surface area (Å²) >= 11 is 0. The molecule has 0 heterocycles. The van der Waals surface area contributed by atoms with Gasteiger partial charge >= 0.3 is 0 Å². The second kappa shape index (κ2) is 8.01. The molecule has 0 rings (SSSR count). The molecule has 14 heavy (non-hydrogen) atoms. The van der Waals surface area contributed by atoms with Crippen LogP contribution < -0.4 is 5.73 Å². The van der Waals surface area contributed by atoms with Crippen molar-refractivity contribution in [3.8, 4) is 0 Å². The van der Waals surface area contributed by atoms with Crippen molar-refractivity contribution in [1.82, 2.24) is 0 Å². The average Bonchev–Trinajstić information content (AvgIpc) is 2.14. The Morgan fingerprint density at radius 1 is 1.36 bits per heavy atom. The zero-order valence-corrected chi connectivity index (χ0v) is 9.83. The van der Waals surface area contributed by atoms with Crippen LogP contribution >= 0.6 is 0 Å². The van der Waals surface area contributed by atoms with E-state index >= 15 is 0 Å². The Bertz CT molecular complexity index is 145. The normalized spacial score (nSPS) is 15.5. The van der Waals surface area contributed by atoms with Gasteiger partial charge in [-0.25, -0.2) is 0 Å². The molecule has 0 saturated carbocycles. The van der Waals surface area contributed by atoms with Crippen molar-refractivity contribution < 1.29 is 4.74 Å². The van der Waals surface area contributed by atoms with Gasteiger partial charge in [0.25, 0.3) is 0 Å². The zero-order chi connectivity index (χ0) is 11.0. The largest absolute Gasteiger partial charge is 0.377 e. The van der Waals surface area contributed by atoms with Gasteiger partial charge in [-0.05, 0) is 32.1 Å². The maximum atomic E-state index is 5.88. The lowest BCUT2D eigenvalue weighted by molar-refractivity contribution is 0.0429. The van der Waals surface area contributed by atoms with Crippen LogP contribution in [0.4, 0.5) is 0 Å². The van der Waals surface area contributed by atoms with Crippen molar-refractivity contribution >= 4 is 0 Å². The molecular formula is C12H25NO. The topological polar surface area (TPSA) is 35.2 Å². The van der Waals surface area contributed by atoms with Gasteiger partial charge in [0.05, 0.1) is 12.7 Å². The Kier molecular flexibility index (Phi) is 7.81. The molecule has 0 aliphatic rings. The van der Waals surface area contributed by atoms with Crippen LogP contribution in [0.15, 0.2) is 12.7 Å². The highest BCUT2D eigenvalue weighted by Gasteiger charge is 2.09. The van der Waals surface area contributed by atoms with Crippen LogP contribution in [0.1, 0.15) is 40.0 Å². The Morgan fingerprint density at radius 3 is 2.50 bits per heavy atom. The number of rotatable bonds is 8. The van der Waals surface area contributed by atoms with Crippen LogP contribution in [0.2, 0.25) is 0 Å². The molecule has 0 aliphatic heterocycles. The molecule has 0 amide bonds. The number of unbranched alkanes of at least 4 members (excludes halogenated alkanes) is 1. The van der Waals surface area contributed by atoms with E-state index in [9.17, 15) is 0 Å². The van der Waals surface area contributed by atoms with E-state index in [1.807, 2.05) is 6.08 Å². The third-order valence-electron chi connectivity index (χ3n) is 2.45. The van der Waals surface area contributed by atoms with Crippen molar-refractivity contribution in [3.05, 3.63) is 12.7 Å². The molecule has 0 spiro atoms. The van der Waals surface area contributed by atoms with Crippen LogP contribution in [0.3, 0.4) is 0 Å². The van der Waals surface area contributed by atoms with Crippen LogP contribution in [0.5, 0.6) is 0 Å². The summed E-state index contributed by atoms with van der Waals surface area (Å²) in [6, 6.07) is 0.164. The van der Waals surface area contributed by atoms with Crippen LogP contribution in [0, 0.1) is 5.92 Å². The molecule has 0 aliphatic carbocycles. The summed E-state index contributed by atoms with van der Waals surface area (Å²) in [5, 5.41) is 0.